The van der Waals surface area contributed by atoms with Crippen LogP contribution >= 0.6 is 0 Å². The summed E-state index contributed by atoms with van der Waals surface area (Å²) < 4.78 is 28.4. The molecule has 2 N–H and O–H groups in total. The smallest absolute Gasteiger partial charge is 0.273 e. The average Bonchev–Trinajstić information content (AvgIpc) is 3.13. The van der Waals surface area contributed by atoms with Gasteiger partial charge < -0.3 is 10.4 Å². The summed E-state index contributed by atoms with van der Waals surface area (Å²) in [4.78, 5) is 13.9. The maximum atomic E-state index is 13.8. The standard InChI is InChI=1S/C17H21F2N5O2/c18-13-2-1-12(15(19)9-13)10-23-6-3-14(4-7-23)24-11-16(21-22-24)17(26)20-5-8-25/h1-2,9,11,14,25H,3-8,10H2,(H,20,26). The number of halogens is 2. The first-order chi connectivity index (χ1) is 12.6. The zero-order chi connectivity index (χ0) is 18.5. The molecule has 1 aromatic carbocycles. The summed E-state index contributed by atoms with van der Waals surface area (Å²) in [6, 6.07) is 3.77. The predicted octanol–water partition coefficient (Wildman–Crippen LogP) is 1.12. The number of amides is 1. The minimum atomic E-state index is -0.574. The molecule has 0 saturated carbocycles. The van der Waals surface area contributed by atoms with Crippen molar-refractivity contribution in [2.24, 2.45) is 0 Å². The lowest BCUT2D eigenvalue weighted by Gasteiger charge is -2.31. The number of aliphatic hydroxyl groups is 1. The van der Waals surface area contributed by atoms with Gasteiger partial charge in [0, 0.05) is 37.8 Å². The summed E-state index contributed by atoms with van der Waals surface area (Å²) in [5.74, 6) is -1.47. The summed E-state index contributed by atoms with van der Waals surface area (Å²) >= 11 is 0. The van der Waals surface area contributed by atoms with E-state index in [2.05, 4.69) is 20.5 Å². The van der Waals surface area contributed by atoms with Crippen molar-refractivity contribution in [3.05, 3.63) is 47.3 Å². The van der Waals surface area contributed by atoms with E-state index in [0.717, 1.165) is 32.0 Å². The van der Waals surface area contributed by atoms with Gasteiger partial charge in [-0.1, -0.05) is 11.3 Å². The van der Waals surface area contributed by atoms with Crippen LogP contribution in [0.2, 0.25) is 0 Å². The van der Waals surface area contributed by atoms with Gasteiger partial charge in [-0.05, 0) is 18.9 Å². The first-order valence-corrected chi connectivity index (χ1v) is 8.54. The lowest BCUT2D eigenvalue weighted by molar-refractivity contribution is 0.0939. The van der Waals surface area contributed by atoms with Crippen LogP contribution in [0.4, 0.5) is 8.78 Å². The van der Waals surface area contributed by atoms with Crippen molar-refractivity contribution in [2.45, 2.75) is 25.4 Å². The van der Waals surface area contributed by atoms with Crippen LogP contribution in [0, 0.1) is 11.6 Å². The maximum absolute atomic E-state index is 13.8. The molecule has 140 valence electrons. The minimum Gasteiger partial charge on any atom is -0.395 e. The van der Waals surface area contributed by atoms with E-state index in [0.29, 0.717) is 12.1 Å². The van der Waals surface area contributed by atoms with E-state index in [4.69, 9.17) is 5.11 Å². The molecule has 7 nitrogen and oxygen atoms in total. The SMILES string of the molecule is O=C(NCCO)c1cn(C2CCN(Cc3ccc(F)cc3F)CC2)nn1. The fourth-order valence-corrected chi connectivity index (χ4v) is 3.05. The van der Waals surface area contributed by atoms with Gasteiger partial charge in [0.2, 0.25) is 0 Å². The maximum Gasteiger partial charge on any atom is 0.273 e. The Labute approximate surface area is 149 Å². The van der Waals surface area contributed by atoms with Gasteiger partial charge in [-0.25, -0.2) is 13.5 Å². The van der Waals surface area contributed by atoms with E-state index in [1.165, 1.54) is 12.1 Å². The van der Waals surface area contributed by atoms with Gasteiger partial charge in [0.05, 0.1) is 18.8 Å². The Bertz CT molecular complexity index is 759. The highest BCUT2D eigenvalue weighted by molar-refractivity contribution is 5.91. The second-order valence-corrected chi connectivity index (χ2v) is 6.31. The van der Waals surface area contributed by atoms with Gasteiger partial charge in [0.1, 0.15) is 11.6 Å². The highest BCUT2D eigenvalue weighted by Crippen LogP contribution is 2.23. The number of rotatable bonds is 6. The zero-order valence-electron chi connectivity index (χ0n) is 14.2. The predicted molar refractivity (Wildman–Crippen MR) is 89.3 cm³/mol. The molecule has 1 amide bonds. The molecule has 26 heavy (non-hydrogen) atoms. The van der Waals surface area contributed by atoms with Crippen LogP contribution in [0.25, 0.3) is 0 Å². The fourth-order valence-electron chi connectivity index (χ4n) is 3.05. The monoisotopic (exact) mass is 365 g/mol. The van der Waals surface area contributed by atoms with E-state index in [1.54, 1.807) is 10.9 Å². The topological polar surface area (TPSA) is 83.3 Å². The third-order valence-electron chi connectivity index (χ3n) is 4.48. The molecule has 0 aliphatic carbocycles. The molecule has 1 fully saturated rings. The average molecular weight is 365 g/mol. The van der Waals surface area contributed by atoms with Crippen LogP contribution in [0.15, 0.2) is 24.4 Å². The molecule has 0 bridgehead atoms. The number of aromatic nitrogens is 3. The Hall–Kier alpha value is -2.39. The number of benzene rings is 1. The zero-order valence-corrected chi connectivity index (χ0v) is 14.2. The largest absolute Gasteiger partial charge is 0.395 e. The lowest BCUT2D eigenvalue weighted by atomic mass is 10.0. The molecule has 1 aromatic heterocycles. The fraction of sp³-hybridized carbons (Fsp3) is 0.471. The number of carbonyl (C=O) groups is 1. The number of hydrogen-bond acceptors (Lipinski definition) is 5. The lowest BCUT2D eigenvalue weighted by Crippen LogP contribution is -2.34. The summed E-state index contributed by atoms with van der Waals surface area (Å²) in [6.07, 6.45) is 3.19. The Morgan fingerprint density at radius 2 is 2.08 bits per heavy atom. The van der Waals surface area contributed by atoms with Crippen LogP contribution in [-0.4, -0.2) is 57.1 Å². The van der Waals surface area contributed by atoms with Crippen LogP contribution < -0.4 is 5.32 Å². The van der Waals surface area contributed by atoms with Crippen molar-refractivity contribution >= 4 is 5.91 Å². The minimum absolute atomic E-state index is 0.121. The summed E-state index contributed by atoms with van der Waals surface area (Å²) in [5, 5.41) is 19.2. The second-order valence-electron chi connectivity index (χ2n) is 6.31. The van der Waals surface area contributed by atoms with Crippen molar-refractivity contribution in [1.82, 2.24) is 25.2 Å². The molecule has 0 spiro atoms. The second kappa shape index (κ2) is 8.33. The van der Waals surface area contributed by atoms with Crippen molar-refractivity contribution in [1.29, 1.82) is 0 Å². The van der Waals surface area contributed by atoms with Crippen molar-refractivity contribution < 1.29 is 18.7 Å². The van der Waals surface area contributed by atoms with Crippen LogP contribution in [-0.2, 0) is 6.54 Å². The first-order valence-electron chi connectivity index (χ1n) is 8.54. The molecule has 0 unspecified atom stereocenters. The number of aliphatic hydroxyl groups excluding tert-OH is 1. The molecule has 0 radical (unpaired) electrons. The molecule has 1 saturated heterocycles. The van der Waals surface area contributed by atoms with Crippen molar-refractivity contribution in [3.63, 3.8) is 0 Å². The normalized spacial score (nSPS) is 16.0. The van der Waals surface area contributed by atoms with Gasteiger partial charge in [0.25, 0.3) is 5.91 Å². The van der Waals surface area contributed by atoms with E-state index in [1.807, 2.05) is 0 Å². The van der Waals surface area contributed by atoms with Gasteiger partial charge in [-0.2, -0.15) is 0 Å². The summed E-state index contributed by atoms with van der Waals surface area (Å²) in [7, 11) is 0. The van der Waals surface area contributed by atoms with Crippen LogP contribution in [0.5, 0.6) is 0 Å². The third kappa shape index (κ3) is 4.41. The number of likely N-dealkylation sites (tertiary alicyclic amines) is 1. The number of hydrogen-bond donors (Lipinski definition) is 2. The Morgan fingerprint density at radius 3 is 2.77 bits per heavy atom. The third-order valence-corrected chi connectivity index (χ3v) is 4.48. The van der Waals surface area contributed by atoms with Crippen molar-refractivity contribution in [2.75, 3.05) is 26.2 Å². The van der Waals surface area contributed by atoms with Gasteiger partial charge in [-0.3, -0.25) is 9.69 Å². The molecule has 0 atom stereocenters. The molecule has 2 heterocycles. The van der Waals surface area contributed by atoms with E-state index in [9.17, 15) is 13.6 Å². The number of carbonyl (C=O) groups excluding carboxylic acids is 1. The van der Waals surface area contributed by atoms with Gasteiger partial charge >= 0.3 is 0 Å². The Kier molecular flexibility index (Phi) is 5.89. The summed E-state index contributed by atoms with van der Waals surface area (Å²) in [6.45, 7) is 1.96. The molecular weight excluding hydrogens is 344 g/mol. The molecular formula is C17H21F2N5O2. The van der Waals surface area contributed by atoms with Crippen LogP contribution in [0.1, 0.15) is 34.9 Å². The molecule has 9 heteroatoms. The molecule has 1 aliphatic heterocycles. The highest BCUT2D eigenvalue weighted by atomic mass is 19.1. The number of nitrogens with one attached hydrogen (secondary N) is 1. The van der Waals surface area contributed by atoms with Crippen LogP contribution in [0.3, 0.4) is 0 Å². The molecule has 2 aromatic rings. The highest BCUT2D eigenvalue weighted by Gasteiger charge is 2.23. The van der Waals surface area contributed by atoms with Gasteiger partial charge in [-0.15, -0.1) is 5.10 Å². The quantitative estimate of drug-likeness (QED) is 0.802. The molecule has 1 aliphatic rings. The van der Waals surface area contributed by atoms with Crippen molar-refractivity contribution in [3.8, 4) is 0 Å². The van der Waals surface area contributed by atoms with E-state index < -0.39 is 11.6 Å². The Morgan fingerprint density at radius 1 is 1.31 bits per heavy atom. The van der Waals surface area contributed by atoms with E-state index in [-0.39, 0.29) is 30.8 Å². The summed E-state index contributed by atoms with van der Waals surface area (Å²) in [5.41, 5.74) is 0.697. The number of nitrogens with zero attached hydrogens (tertiary/aromatic N) is 4. The number of piperidine rings is 1. The first kappa shape index (κ1) is 18.4. The Balaban J connectivity index is 1.53. The van der Waals surface area contributed by atoms with E-state index >= 15 is 0 Å². The van der Waals surface area contributed by atoms with Gasteiger partial charge in [0.15, 0.2) is 5.69 Å². The molecule has 3 rings (SSSR count).